The molecule has 38 heavy (non-hydrogen) atoms. The second kappa shape index (κ2) is 10.2. The van der Waals surface area contributed by atoms with Crippen LogP contribution in [0.25, 0.3) is 16.6 Å². The van der Waals surface area contributed by atoms with Gasteiger partial charge in [-0.3, -0.25) is 9.79 Å². The number of piperidine rings is 1. The molecule has 3 aromatic rings. The SMILES string of the molecule is COc1nc(N[C@@H]2CCN(C(C)=O)CC2(C)F)nn2ccc(-c3ccc4c(c3)CC(NCC(F)F)C=N4)c12. The van der Waals surface area contributed by atoms with Gasteiger partial charge >= 0.3 is 0 Å². The highest BCUT2D eigenvalue weighted by atomic mass is 19.3. The first-order valence-electron chi connectivity index (χ1n) is 12.5. The van der Waals surface area contributed by atoms with Crippen molar-refractivity contribution in [2.75, 3.05) is 32.1 Å². The van der Waals surface area contributed by atoms with Gasteiger partial charge in [-0.2, -0.15) is 4.98 Å². The third-order valence-corrected chi connectivity index (χ3v) is 7.09. The second-order valence-electron chi connectivity index (χ2n) is 9.90. The van der Waals surface area contributed by atoms with E-state index in [9.17, 15) is 13.6 Å². The molecule has 9 nitrogen and oxygen atoms in total. The van der Waals surface area contributed by atoms with E-state index in [1.54, 1.807) is 16.9 Å². The standard InChI is InChI=1S/C26H30F3N7O2/c1-15(37)35-8-7-21(26(2,29)14-35)32-25-33-24(38-3)23-19(6-9-36(23)34-25)16-4-5-20-17(10-16)11-18(12-31-20)30-13-22(27)28/h4-6,9-10,12,18,21-22,30H,7-8,11,13-14H2,1-3H3,(H,32,34)/t18?,21-,26?/m1/s1. The molecule has 2 N–H and O–H groups in total. The fourth-order valence-corrected chi connectivity index (χ4v) is 5.09. The number of carbonyl (C=O) groups is 1. The minimum Gasteiger partial charge on any atom is -0.479 e. The number of hydrogen-bond acceptors (Lipinski definition) is 7. The fourth-order valence-electron chi connectivity index (χ4n) is 5.09. The Morgan fingerprint density at radius 3 is 2.84 bits per heavy atom. The van der Waals surface area contributed by atoms with Crippen LogP contribution >= 0.6 is 0 Å². The first-order chi connectivity index (χ1) is 18.1. The highest BCUT2D eigenvalue weighted by Gasteiger charge is 2.41. The van der Waals surface area contributed by atoms with Gasteiger partial charge in [0.25, 0.3) is 6.43 Å². The van der Waals surface area contributed by atoms with Crippen molar-refractivity contribution in [2.45, 2.75) is 50.9 Å². The van der Waals surface area contributed by atoms with Gasteiger partial charge in [-0.25, -0.2) is 17.7 Å². The number of rotatable bonds is 7. The molecule has 1 aromatic carbocycles. The number of hydrogen-bond donors (Lipinski definition) is 2. The van der Waals surface area contributed by atoms with Gasteiger partial charge in [0, 0.05) is 37.5 Å². The van der Waals surface area contributed by atoms with E-state index in [1.165, 1.54) is 25.9 Å². The third-order valence-electron chi connectivity index (χ3n) is 7.09. The lowest BCUT2D eigenvalue weighted by Gasteiger charge is -2.41. The lowest BCUT2D eigenvalue weighted by Crippen LogP contribution is -2.56. The molecule has 1 amide bonds. The predicted molar refractivity (Wildman–Crippen MR) is 138 cm³/mol. The van der Waals surface area contributed by atoms with Gasteiger partial charge in [-0.15, -0.1) is 5.10 Å². The first kappa shape index (κ1) is 26.0. The van der Waals surface area contributed by atoms with E-state index in [1.807, 2.05) is 24.3 Å². The lowest BCUT2D eigenvalue weighted by atomic mass is 9.91. The summed E-state index contributed by atoms with van der Waals surface area (Å²) < 4.78 is 47.9. The van der Waals surface area contributed by atoms with Crippen molar-refractivity contribution in [2.24, 2.45) is 4.99 Å². The molecule has 2 unspecified atom stereocenters. The molecular formula is C26H30F3N7O2. The molecule has 0 aliphatic carbocycles. The molecule has 0 saturated carbocycles. The van der Waals surface area contributed by atoms with Crippen molar-refractivity contribution in [3.63, 3.8) is 0 Å². The Labute approximate surface area is 218 Å². The topological polar surface area (TPSA) is 96.1 Å². The molecule has 1 fully saturated rings. The second-order valence-corrected chi connectivity index (χ2v) is 9.90. The number of benzene rings is 1. The highest BCUT2D eigenvalue weighted by molar-refractivity contribution is 5.86. The normalized spacial score (nSPS) is 23.1. The van der Waals surface area contributed by atoms with Crippen LogP contribution in [0.3, 0.4) is 0 Å². The number of alkyl halides is 3. The van der Waals surface area contributed by atoms with Gasteiger partial charge in [0.15, 0.2) is 0 Å². The summed E-state index contributed by atoms with van der Waals surface area (Å²) >= 11 is 0. The number of carbonyl (C=O) groups excluding carboxylic acids is 1. The summed E-state index contributed by atoms with van der Waals surface area (Å²) in [6.07, 6.45) is 1.96. The summed E-state index contributed by atoms with van der Waals surface area (Å²) in [7, 11) is 1.51. The summed E-state index contributed by atoms with van der Waals surface area (Å²) in [5, 5.41) is 10.5. The van der Waals surface area contributed by atoms with Crippen molar-refractivity contribution in [3.05, 3.63) is 36.0 Å². The maximum Gasteiger partial charge on any atom is 0.250 e. The Morgan fingerprint density at radius 1 is 1.32 bits per heavy atom. The fraction of sp³-hybridized carbons (Fsp3) is 0.462. The van der Waals surface area contributed by atoms with Gasteiger partial charge in [-0.05, 0) is 49.1 Å². The van der Waals surface area contributed by atoms with E-state index in [4.69, 9.17) is 4.74 Å². The van der Waals surface area contributed by atoms with Gasteiger partial charge in [0.1, 0.15) is 11.2 Å². The van der Waals surface area contributed by atoms with Crippen LogP contribution in [0.5, 0.6) is 5.88 Å². The minimum atomic E-state index is -2.43. The summed E-state index contributed by atoms with van der Waals surface area (Å²) in [5.41, 5.74) is 2.42. The molecule has 0 bridgehead atoms. The first-order valence-corrected chi connectivity index (χ1v) is 12.5. The minimum absolute atomic E-state index is 0.00602. The number of halogens is 3. The van der Waals surface area contributed by atoms with E-state index in [0.29, 0.717) is 30.8 Å². The van der Waals surface area contributed by atoms with E-state index < -0.39 is 24.7 Å². The number of nitrogens with zero attached hydrogens (tertiary/aromatic N) is 5. The van der Waals surface area contributed by atoms with Crippen LogP contribution in [-0.4, -0.2) is 82.5 Å². The zero-order valence-corrected chi connectivity index (χ0v) is 21.4. The van der Waals surface area contributed by atoms with E-state index in [0.717, 1.165) is 22.4 Å². The quantitative estimate of drug-likeness (QED) is 0.485. The Hall–Kier alpha value is -3.67. The van der Waals surface area contributed by atoms with Crippen LogP contribution in [0, 0.1) is 0 Å². The van der Waals surface area contributed by atoms with E-state index in [2.05, 4.69) is 25.7 Å². The zero-order chi connectivity index (χ0) is 27.0. The number of fused-ring (bicyclic) bond motifs is 2. The lowest BCUT2D eigenvalue weighted by molar-refractivity contribution is -0.132. The number of ether oxygens (including phenoxy) is 1. The number of aromatic nitrogens is 3. The molecule has 0 radical (unpaired) electrons. The highest BCUT2D eigenvalue weighted by Crippen LogP contribution is 2.36. The Kier molecular flexibility index (Phi) is 6.99. The van der Waals surface area contributed by atoms with Gasteiger partial charge in [0.05, 0.1) is 31.9 Å². The summed E-state index contributed by atoms with van der Waals surface area (Å²) in [5.74, 6) is 0.381. The van der Waals surface area contributed by atoms with Crippen molar-refractivity contribution < 1.29 is 22.7 Å². The molecule has 202 valence electrons. The average molecular weight is 530 g/mol. The maximum absolute atomic E-state index is 15.4. The molecule has 2 aromatic heterocycles. The molecule has 0 spiro atoms. The van der Waals surface area contributed by atoms with Crippen LogP contribution < -0.4 is 15.4 Å². The largest absolute Gasteiger partial charge is 0.479 e. The molecule has 5 rings (SSSR count). The van der Waals surface area contributed by atoms with Crippen LogP contribution in [0.2, 0.25) is 0 Å². The molecule has 4 heterocycles. The van der Waals surface area contributed by atoms with Crippen LogP contribution in [0.1, 0.15) is 25.8 Å². The van der Waals surface area contributed by atoms with Crippen LogP contribution in [0.4, 0.5) is 24.8 Å². The van der Waals surface area contributed by atoms with E-state index in [-0.39, 0.29) is 24.4 Å². The summed E-state index contributed by atoms with van der Waals surface area (Å²) in [6, 6.07) is 6.85. The molecule has 12 heteroatoms. The van der Waals surface area contributed by atoms with Crippen molar-refractivity contribution in [3.8, 4) is 17.0 Å². The summed E-state index contributed by atoms with van der Waals surface area (Å²) in [4.78, 5) is 22.1. The number of methoxy groups -OCH3 is 1. The summed E-state index contributed by atoms with van der Waals surface area (Å²) in [6.45, 7) is 2.96. The monoisotopic (exact) mass is 529 g/mol. The molecule has 1 saturated heterocycles. The number of aliphatic imine (C=N–C) groups is 1. The van der Waals surface area contributed by atoms with Crippen molar-refractivity contribution >= 4 is 29.3 Å². The van der Waals surface area contributed by atoms with E-state index >= 15 is 4.39 Å². The third kappa shape index (κ3) is 5.17. The number of anilines is 1. The number of likely N-dealkylation sites (tertiary alicyclic amines) is 1. The van der Waals surface area contributed by atoms with Gasteiger partial charge in [-0.1, -0.05) is 6.07 Å². The van der Waals surface area contributed by atoms with Crippen molar-refractivity contribution in [1.82, 2.24) is 24.8 Å². The average Bonchev–Trinajstić information content (AvgIpc) is 3.31. The number of nitrogens with one attached hydrogen (secondary N) is 2. The smallest absolute Gasteiger partial charge is 0.250 e. The van der Waals surface area contributed by atoms with Crippen molar-refractivity contribution in [1.29, 1.82) is 0 Å². The number of amides is 1. The maximum atomic E-state index is 15.4. The Morgan fingerprint density at radius 2 is 2.13 bits per heavy atom. The Balaban J connectivity index is 1.41. The van der Waals surface area contributed by atoms with Gasteiger partial charge < -0.3 is 20.3 Å². The van der Waals surface area contributed by atoms with Gasteiger partial charge in [0.2, 0.25) is 17.7 Å². The molecule has 2 aliphatic rings. The van der Waals surface area contributed by atoms with Crippen LogP contribution in [0.15, 0.2) is 35.5 Å². The predicted octanol–water partition coefficient (Wildman–Crippen LogP) is 3.65. The Bertz CT molecular complexity index is 1370. The molecule has 2 aliphatic heterocycles. The molecular weight excluding hydrogens is 499 g/mol. The zero-order valence-electron chi connectivity index (χ0n) is 21.4. The van der Waals surface area contributed by atoms with Crippen LogP contribution in [-0.2, 0) is 11.2 Å². The molecule has 3 atom stereocenters.